The molecule has 0 saturated carbocycles. The number of pyridine rings is 1. The van der Waals surface area contributed by atoms with Gasteiger partial charge in [-0.1, -0.05) is 29.5 Å². The monoisotopic (exact) mass is 331 g/mol. The molecule has 0 amide bonds. The first kappa shape index (κ1) is 13.2. The molecule has 0 aliphatic carbocycles. The Morgan fingerprint density at radius 2 is 2.05 bits per heavy atom. The number of rotatable bonds is 3. The van der Waals surface area contributed by atoms with Crippen molar-refractivity contribution < 1.29 is 0 Å². The van der Waals surface area contributed by atoms with E-state index in [4.69, 9.17) is 0 Å². The molecule has 0 bridgehead atoms. The molecule has 1 atom stereocenters. The first-order valence-electron chi connectivity index (χ1n) is 6.28. The number of para-hydroxylation sites is 1. The lowest BCUT2D eigenvalue weighted by molar-refractivity contribution is 0.599. The number of fused-ring (bicyclic) bond motifs is 1. The zero-order valence-electron chi connectivity index (χ0n) is 11.2. The number of hydrogen-bond acceptors (Lipinski definition) is 4. The predicted molar refractivity (Wildman–Crippen MR) is 81.3 cm³/mol. The SMILES string of the molecule is CNC(c1cccc2cccnc12)c1c(Br)nnn1C. The van der Waals surface area contributed by atoms with Gasteiger partial charge in [-0.05, 0) is 29.0 Å². The van der Waals surface area contributed by atoms with E-state index in [1.807, 2.05) is 32.4 Å². The molecule has 1 N–H and O–H groups in total. The average molecular weight is 332 g/mol. The second-order valence-corrected chi connectivity index (χ2v) is 5.28. The second-order valence-electron chi connectivity index (χ2n) is 4.53. The fourth-order valence-corrected chi connectivity index (χ4v) is 3.00. The van der Waals surface area contributed by atoms with Crippen LogP contribution in [0.2, 0.25) is 0 Å². The molecule has 3 aromatic rings. The maximum atomic E-state index is 4.51. The van der Waals surface area contributed by atoms with Crippen molar-refractivity contribution in [1.29, 1.82) is 0 Å². The van der Waals surface area contributed by atoms with Crippen LogP contribution in [0.5, 0.6) is 0 Å². The van der Waals surface area contributed by atoms with Gasteiger partial charge in [0.1, 0.15) is 0 Å². The van der Waals surface area contributed by atoms with E-state index < -0.39 is 0 Å². The van der Waals surface area contributed by atoms with Crippen LogP contribution in [-0.2, 0) is 7.05 Å². The molecule has 2 heterocycles. The lowest BCUT2D eigenvalue weighted by Crippen LogP contribution is -2.21. The number of benzene rings is 1. The largest absolute Gasteiger partial charge is 0.308 e. The molecule has 1 aromatic carbocycles. The van der Waals surface area contributed by atoms with Gasteiger partial charge < -0.3 is 5.32 Å². The van der Waals surface area contributed by atoms with Crippen molar-refractivity contribution in [1.82, 2.24) is 25.3 Å². The van der Waals surface area contributed by atoms with Gasteiger partial charge in [0.15, 0.2) is 4.60 Å². The van der Waals surface area contributed by atoms with E-state index in [9.17, 15) is 0 Å². The number of aromatic nitrogens is 4. The number of halogens is 1. The zero-order chi connectivity index (χ0) is 14.1. The molecule has 0 aliphatic rings. The molecule has 0 aliphatic heterocycles. The van der Waals surface area contributed by atoms with Crippen molar-refractivity contribution in [2.45, 2.75) is 6.04 Å². The maximum absolute atomic E-state index is 4.51. The van der Waals surface area contributed by atoms with Crippen LogP contribution in [0.1, 0.15) is 17.3 Å². The van der Waals surface area contributed by atoms with Gasteiger partial charge in [-0.2, -0.15) is 0 Å². The Hall–Kier alpha value is -1.79. The summed E-state index contributed by atoms with van der Waals surface area (Å²) in [6, 6.07) is 10.2. The molecule has 0 spiro atoms. The van der Waals surface area contributed by atoms with Crippen LogP contribution in [-0.4, -0.2) is 27.0 Å². The highest BCUT2D eigenvalue weighted by Crippen LogP contribution is 2.30. The van der Waals surface area contributed by atoms with Crippen LogP contribution in [0, 0.1) is 0 Å². The third kappa shape index (κ3) is 2.10. The summed E-state index contributed by atoms with van der Waals surface area (Å²) in [7, 11) is 3.81. The minimum atomic E-state index is -0.0250. The van der Waals surface area contributed by atoms with Crippen molar-refractivity contribution in [2.75, 3.05) is 7.05 Å². The van der Waals surface area contributed by atoms with Gasteiger partial charge >= 0.3 is 0 Å². The molecule has 20 heavy (non-hydrogen) atoms. The van der Waals surface area contributed by atoms with Crippen LogP contribution in [0.25, 0.3) is 10.9 Å². The van der Waals surface area contributed by atoms with Gasteiger partial charge in [-0.3, -0.25) is 4.98 Å². The summed E-state index contributed by atoms with van der Waals surface area (Å²) >= 11 is 3.47. The fourth-order valence-electron chi connectivity index (χ4n) is 2.45. The molecule has 6 heteroatoms. The van der Waals surface area contributed by atoms with E-state index in [1.165, 1.54) is 0 Å². The van der Waals surface area contributed by atoms with Gasteiger partial charge in [0.2, 0.25) is 0 Å². The van der Waals surface area contributed by atoms with Gasteiger partial charge in [-0.25, -0.2) is 4.68 Å². The van der Waals surface area contributed by atoms with Gasteiger partial charge in [-0.15, -0.1) is 5.10 Å². The maximum Gasteiger partial charge on any atom is 0.153 e. The Morgan fingerprint density at radius 1 is 1.25 bits per heavy atom. The average Bonchev–Trinajstić information content (AvgIpc) is 2.81. The molecule has 2 aromatic heterocycles. The topological polar surface area (TPSA) is 55.6 Å². The van der Waals surface area contributed by atoms with Crippen molar-refractivity contribution in [3.63, 3.8) is 0 Å². The van der Waals surface area contributed by atoms with Gasteiger partial charge in [0.25, 0.3) is 0 Å². The molecule has 1 unspecified atom stereocenters. The van der Waals surface area contributed by atoms with E-state index in [0.717, 1.165) is 26.8 Å². The first-order chi connectivity index (χ1) is 9.72. The van der Waals surface area contributed by atoms with Crippen LogP contribution in [0.4, 0.5) is 0 Å². The summed E-state index contributed by atoms with van der Waals surface area (Å²) in [5.41, 5.74) is 3.07. The number of nitrogens with one attached hydrogen (secondary N) is 1. The first-order valence-corrected chi connectivity index (χ1v) is 7.07. The summed E-state index contributed by atoms with van der Waals surface area (Å²) in [6.07, 6.45) is 1.81. The summed E-state index contributed by atoms with van der Waals surface area (Å²) in [5, 5.41) is 12.6. The molecule has 0 fully saturated rings. The number of aryl methyl sites for hydroxylation is 1. The van der Waals surface area contributed by atoms with E-state index in [0.29, 0.717) is 0 Å². The zero-order valence-corrected chi connectivity index (χ0v) is 12.8. The summed E-state index contributed by atoms with van der Waals surface area (Å²) in [6.45, 7) is 0. The second kappa shape index (κ2) is 5.30. The van der Waals surface area contributed by atoms with Crippen LogP contribution in [0.15, 0.2) is 41.1 Å². The lowest BCUT2D eigenvalue weighted by Gasteiger charge is -2.18. The van der Waals surface area contributed by atoms with E-state index in [2.05, 4.69) is 54.7 Å². The quantitative estimate of drug-likeness (QED) is 0.800. The highest BCUT2D eigenvalue weighted by atomic mass is 79.9. The molecule has 0 radical (unpaired) electrons. The molecule has 102 valence electrons. The van der Waals surface area contributed by atoms with Crippen LogP contribution in [0.3, 0.4) is 0 Å². The molecule has 5 nitrogen and oxygen atoms in total. The van der Waals surface area contributed by atoms with Crippen LogP contribution < -0.4 is 5.32 Å². The number of nitrogens with zero attached hydrogens (tertiary/aromatic N) is 4. The van der Waals surface area contributed by atoms with Crippen molar-refractivity contribution in [2.24, 2.45) is 7.05 Å². The normalized spacial score (nSPS) is 12.8. The minimum Gasteiger partial charge on any atom is -0.308 e. The fraction of sp³-hybridized carbons (Fsp3) is 0.214. The third-order valence-corrected chi connectivity index (χ3v) is 3.93. The summed E-state index contributed by atoms with van der Waals surface area (Å²) < 4.78 is 2.51. The standard InChI is InChI=1S/C14H14BrN5/c1-16-12(13-14(15)18-19-20(13)2)10-7-3-5-9-6-4-8-17-11(9)10/h3-8,12,16H,1-2H3. The molecular weight excluding hydrogens is 318 g/mol. The molecule has 3 rings (SSSR count). The molecular formula is C14H14BrN5. The van der Waals surface area contributed by atoms with Crippen molar-refractivity contribution in [3.05, 3.63) is 52.4 Å². The van der Waals surface area contributed by atoms with Crippen molar-refractivity contribution >= 4 is 26.8 Å². The Labute approximate surface area is 125 Å². The van der Waals surface area contributed by atoms with Crippen molar-refractivity contribution in [3.8, 4) is 0 Å². The minimum absolute atomic E-state index is 0.0250. The van der Waals surface area contributed by atoms with E-state index in [-0.39, 0.29) is 6.04 Å². The number of hydrogen-bond donors (Lipinski definition) is 1. The Balaban J connectivity index is 2.22. The lowest BCUT2D eigenvalue weighted by atomic mass is 10.0. The smallest absolute Gasteiger partial charge is 0.153 e. The Kier molecular flexibility index (Phi) is 3.50. The van der Waals surface area contributed by atoms with E-state index in [1.54, 1.807) is 4.68 Å². The summed E-state index contributed by atoms with van der Waals surface area (Å²) in [4.78, 5) is 4.51. The Morgan fingerprint density at radius 3 is 2.75 bits per heavy atom. The highest BCUT2D eigenvalue weighted by Gasteiger charge is 2.22. The van der Waals surface area contributed by atoms with E-state index >= 15 is 0 Å². The summed E-state index contributed by atoms with van der Waals surface area (Å²) in [5.74, 6) is 0. The highest BCUT2D eigenvalue weighted by molar-refractivity contribution is 9.10. The van der Waals surface area contributed by atoms with Crippen LogP contribution >= 0.6 is 15.9 Å². The van der Waals surface area contributed by atoms with Gasteiger partial charge in [0, 0.05) is 24.2 Å². The Bertz CT molecular complexity index is 727. The molecule has 0 saturated heterocycles. The predicted octanol–water partition coefficient (Wildman–Crippen LogP) is 2.43. The van der Waals surface area contributed by atoms with Gasteiger partial charge in [0.05, 0.1) is 17.3 Å². The third-order valence-electron chi connectivity index (χ3n) is 3.36.